The molecule has 0 aliphatic carbocycles. The molecule has 0 saturated carbocycles. The van der Waals surface area contributed by atoms with E-state index in [1.165, 1.54) is 0 Å². The zero-order valence-corrected chi connectivity index (χ0v) is 15.3. The fraction of sp³-hybridized carbons (Fsp3) is 0.647. The summed E-state index contributed by atoms with van der Waals surface area (Å²) in [5, 5.41) is 8.05. The Labute approximate surface area is 147 Å². The average Bonchev–Trinajstić information content (AvgIpc) is 3.11. The molecule has 8 nitrogen and oxygen atoms in total. The molecule has 0 bridgehead atoms. The lowest BCUT2D eigenvalue weighted by Crippen LogP contribution is -2.39. The third-order valence-corrected chi connectivity index (χ3v) is 4.37. The van der Waals surface area contributed by atoms with E-state index in [1.807, 2.05) is 18.9 Å². The van der Waals surface area contributed by atoms with Crippen LogP contribution in [0.25, 0.3) is 0 Å². The molecule has 1 amide bonds. The standard InChI is InChI=1S/C17H26N6O2/c1-12(2)9-22-6-5-7-23(17(24)14-8-18-21(4)10-14)11-15(22)16-19-13(3)20-25-16/h8,10,12,15H,5-7,9,11H2,1-4H3. The molecule has 0 spiro atoms. The van der Waals surface area contributed by atoms with Crippen molar-refractivity contribution in [3.63, 3.8) is 0 Å². The van der Waals surface area contributed by atoms with E-state index in [9.17, 15) is 4.79 Å². The van der Waals surface area contributed by atoms with Gasteiger partial charge in [-0.25, -0.2) is 0 Å². The van der Waals surface area contributed by atoms with Crippen LogP contribution in [0.4, 0.5) is 0 Å². The summed E-state index contributed by atoms with van der Waals surface area (Å²) in [5.74, 6) is 1.73. The first kappa shape index (κ1) is 17.6. The van der Waals surface area contributed by atoms with Crippen LogP contribution in [0.2, 0.25) is 0 Å². The lowest BCUT2D eigenvalue weighted by atomic mass is 10.1. The van der Waals surface area contributed by atoms with E-state index in [1.54, 1.807) is 17.1 Å². The zero-order valence-electron chi connectivity index (χ0n) is 15.3. The van der Waals surface area contributed by atoms with Gasteiger partial charge < -0.3 is 9.42 Å². The molecule has 0 N–H and O–H groups in total. The number of nitrogens with zero attached hydrogens (tertiary/aromatic N) is 6. The van der Waals surface area contributed by atoms with E-state index < -0.39 is 0 Å². The highest BCUT2D eigenvalue weighted by atomic mass is 16.5. The molecule has 0 radical (unpaired) electrons. The van der Waals surface area contributed by atoms with Gasteiger partial charge in [-0.3, -0.25) is 14.4 Å². The lowest BCUT2D eigenvalue weighted by Gasteiger charge is -2.30. The van der Waals surface area contributed by atoms with Gasteiger partial charge in [0.15, 0.2) is 5.82 Å². The number of carbonyl (C=O) groups excluding carboxylic acids is 1. The summed E-state index contributed by atoms with van der Waals surface area (Å²) in [7, 11) is 1.81. The van der Waals surface area contributed by atoms with Crippen LogP contribution in [0, 0.1) is 12.8 Å². The minimum Gasteiger partial charge on any atom is -0.338 e. The topological polar surface area (TPSA) is 80.3 Å². The van der Waals surface area contributed by atoms with Crippen molar-refractivity contribution in [2.75, 3.05) is 26.2 Å². The molecular weight excluding hydrogens is 320 g/mol. The maximum atomic E-state index is 12.9. The largest absolute Gasteiger partial charge is 0.338 e. The molecule has 1 unspecified atom stereocenters. The van der Waals surface area contributed by atoms with Crippen LogP contribution in [0.3, 0.4) is 0 Å². The number of carbonyl (C=O) groups is 1. The molecule has 2 aromatic rings. The fourth-order valence-corrected chi connectivity index (χ4v) is 3.30. The third-order valence-electron chi connectivity index (χ3n) is 4.37. The van der Waals surface area contributed by atoms with Crippen molar-refractivity contribution in [2.24, 2.45) is 13.0 Å². The molecule has 25 heavy (non-hydrogen) atoms. The fourth-order valence-electron chi connectivity index (χ4n) is 3.30. The van der Waals surface area contributed by atoms with E-state index in [0.717, 1.165) is 19.5 Å². The minimum absolute atomic E-state index is 0.000680. The van der Waals surface area contributed by atoms with E-state index in [-0.39, 0.29) is 11.9 Å². The van der Waals surface area contributed by atoms with Crippen molar-refractivity contribution < 1.29 is 9.32 Å². The number of hydrogen-bond donors (Lipinski definition) is 0. The minimum atomic E-state index is -0.0771. The third kappa shape index (κ3) is 4.07. The van der Waals surface area contributed by atoms with E-state index in [2.05, 4.69) is 34.0 Å². The Morgan fingerprint density at radius 1 is 1.40 bits per heavy atom. The first-order valence-corrected chi connectivity index (χ1v) is 8.76. The van der Waals surface area contributed by atoms with Gasteiger partial charge in [0.2, 0.25) is 5.89 Å². The quantitative estimate of drug-likeness (QED) is 0.837. The summed E-state index contributed by atoms with van der Waals surface area (Å²) < 4.78 is 7.10. The average molecular weight is 346 g/mol. The molecule has 1 fully saturated rings. The van der Waals surface area contributed by atoms with Gasteiger partial charge in [-0.2, -0.15) is 10.1 Å². The van der Waals surface area contributed by atoms with Crippen LogP contribution in [-0.2, 0) is 7.05 Å². The van der Waals surface area contributed by atoms with Crippen molar-refractivity contribution in [1.82, 2.24) is 29.7 Å². The van der Waals surface area contributed by atoms with Gasteiger partial charge >= 0.3 is 0 Å². The monoisotopic (exact) mass is 346 g/mol. The molecule has 1 aliphatic rings. The van der Waals surface area contributed by atoms with Gasteiger partial charge in [0, 0.05) is 39.4 Å². The molecule has 3 heterocycles. The Bertz CT molecular complexity index is 722. The molecule has 3 rings (SSSR count). The molecule has 1 aliphatic heterocycles. The number of rotatable bonds is 4. The highest BCUT2D eigenvalue weighted by molar-refractivity contribution is 5.93. The second-order valence-electron chi connectivity index (χ2n) is 7.09. The van der Waals surface area contributed by atoms with Crippen molar-refractivity contribution in [3.8, 4) is 0 Å². The van der Waals surface area contributed by atoms with Gasteiger partial charge in [0.25, 0.3) is 5.91 Å². The Kier molecular flexibility index (Phi) is 5.17. The van der Waals surface area contributed by atoms with Crippen LogP contribution >= 0.6 is 0 Å². The Morgan fingerprint density at radius 3 is 2.80 bits per heavy atom. The summed E-state index contributed by atoms with van der Waals surface area (Å²) in [6.07, 6.45) is 4.29. The molecule has 8 heteroatoms. The number of aromatic nitrogens is 4. The SMILES string of the molecule is Cc1noc(C2CN(C(=O)c3cnn(C)c3)CCCN2CC(C)C)n1. The first-order chi connectivity index (χ1) is 11.9. The smallest absolute Gasteiger partial charge is 0.257 e. The van der Waals surface area contributed by atoms with Crippen LogP contribution in [0.5, 0.6) is 0 Å². The van der Waals surface area contributed by atoms with E-state index in [0.29, 0.717) is 36.3 Å². The second kappa shape index (κ2) is 7.35. The first-order valence-electron chi connectivity index (χ1n) is 8.76. The number of aryl methyl sites for hydroxylation is 2. The summed E-state index contributed by atoms with van der Waals surface area (Å²) >= 11 is 0. The molecule has 1 atom stereocenters. The highest BCUT2D eigenvalue weighted by Crippen LogP contribution is 2.25. The van der Waals surface area contributed by atoms with Crippen LogP contribution in [0.15, 0.2) is 16.9 Å². The van der Waals surface area contributed by atoms with Gasteiger partial charge in [-0.05, 0) is 19.3 Å². The summed E-state index contributed by atoms with van der Waals surface area (Å²) in [5.41, 5.74) is 0.611. The number of amides is 1. The Morgan fingerprint density at radius 2 is 2.20 bits per heavy atom. The predicted octanol–water partition coefficient (Wildman–Crippen LogP) is 1.66. The van der Waals surface area contributed by atoms with Gasteiger partial charge in [0.05, 0.1) is 11.8 Å². The van der Waals surface area contributed by atoms with Crippen molar-refractivity contribution in [1.29, 1.82) is 0 Å². The molecule has 0 aromatic carbocycles. The maximum absolute atomic E-state index is 12.9. The van der Waals surface area contributed by atoms with Gasteiger partial charge in [-0.1, -0.05) is 19.0 Å². The highest BCUT2D eigenvalue weighted by Gasteiger charge is 2.33. The Balaban J connectivity index is 1.84. The summed E-state index contributed by atoms with van der Waals surface area (Å²) in [6.45, 7) is 9.30. The summed E-state index contributed by atoms with van der Waals surface area (Å²) in [6, 6.07) is -0.0771. The molecule has 136 valence electrons. The van der Waals surface area contributed by atoms with Gasteiger partial charge in [-0.15, -0.1) is 0 Å². The van der Waals surface area contributed by atoms with Crippen LogP contribution < -0.4 is 0 Å². The van der Waals surface area contributed by atoms with Gasteiger partial charge in [0.1, 0.15) is 6.04 Å². The molecule has 2 aromatic heterocycles. The normalized spacial score (nSPS) is 19.4. The van der Waals surface area contributed by atoms with Crippen molar-refractivity contribution >= 4 is 5.91 Å². The lowest BCUT2D eigenvalue weighted by molar-refractivity contribution is 0.0708. The van der Waals surface area contributed by atoms with Crippen molar-refractivity contribution in [2.45, 2.75) is 33.2 Å². The molecule has 1 saturated heterocycles. The maximum Gasteiger partial charge on any atom is 0.257 e. The van der Waals surface area contributed by atoms with Crippen molar-refractivity contribution in [3.05, 3.63) is 29.7 Å². The summed E-state index contributed by atoms with van der Waals surface area (Å²) in [4.78, 5) is 21.5. The van der Waals surface area contributed by atoms with E-state index >= 15 is 0 Å². The molecular formula is C17H26N6O2. The Hall–Kier alpha value is -2.22. The zero-order chi connectivity index (χ0) is 18.0. The van der Waals surface area contributed by atoms with Crippen LogP contribution in [-0.4, -0.2) is 61.8 Å². The predicted molar refractivity (Wildman–Crippen MR) is 91.9 cm³/mol. The van der Waals surface area contributed by atoms with Crippen LogP contribution in [0.1, 0.15) is 48.4 Å². The second-order valence-corrected chi connectivity index (χ2v) is 7.09. The number of hydrogen-bond acceptors (Lipinski definition) is 6. The van der Waals surface area contributed by atoms with E-state index in [4.69, 9.17) is 4.52 Å².